The largest absolute Gasteiger partial charge is 0.481 e. The van der Waals surface area contributed by atoms with E-state index in [-0.39, 0.29) is 12.3 Å². The summed E-state index contributed by atoms with van der Waals surface area (Å²) in [6.07, 6.45) is 4.90. The van der Waals surface area contributed by atoms with Crippen LogP contribution in [0.4, 0.5) is 0 Å². The molecule has 16 heavy (non-hydrogen) atoms. The number of nitrogens with two attached hydrogens (primary N) is 1. The normalized spacial score (nSPS) is 16.8. The predicted octanol–water partition coefficient (Wildman–Crippen LogP) is 2.14. The van der Waals surface area contributed by atoms with Gasteiger partial charge in [-0.3, -0.25) is 4.79 Å². The van der Waals surface area contributed by atoms with Crippen LogP contribution in [-0.4, -0.2) is 17.6 Å². The van der Waals surface area contributed by atoms with Gasteiger partial charge in [-0.05, 0) is 48.7 Å². The van der Waals surface area contributed by atoms with E-state index in [0.717, 1.165) is 12.8 Å². The summed E-state index contributed by atoms with van der Waals surface area (Å²) in [5.74, 6) is -0.762. The molecule has 0 aromatic carbocycles. The molecule has 0 saturated carbocycles. The molecule has 1 atom stereocenters. The molecule has 88 valence electrons. The van der Waals surface area contributed by atoms with Gasteiger partial charge >= 0.3 is 5.97 Å². The van der Waals surface area contributed by atoms with Crippen molar-refractivity contribution in [3.05, 3.63) is 21.4 Å². The summed E-state index contributed by atoms with van der Waals surface area (Å²) in [7, 11) is 0. The summed E-state index contributed by atoms with van der Waals surface area (Å²) >= 11 is 1.77. The monoisotopic (exact) mass is 239 g/mol. The van der Waals surface area contributed by atoms with Gasteiger partial charge in [0.25, 0.3) is 0 Å². The molecule has 4 heteroatoms. The maximum atomic E-state index is 10.8. The van der Waals surface area contributed by atoms with Crippen molar-refractivity contribution >= 4 is 17.3 Å². The van der Waals surface area contributed by atoms with Crippen molar-refractivity contribution in [1.29, 1.82) is 0 Å². The lowest BCUT2D eigenvalue weighted by atomic mass is 9.88. The lowest BCUT2D eigenvalue weighted by Crippen LogP contribution is -2.17. The second-order valence-corrected chi connectivity index (χ2v) is 5.29. The van der Waals surface area contributed by atoms with Crippen molar-refractivity contribution in [2.24, 2.45) is 5.73 Å². The SMILES string of the molecule is NCC(CC(=O)O)c1csc2c1CCCC2. The van der Waals surface area contributed by atoms with E-state index < -0.39 is 5.97 Å². The molecule has 0 amide bonds. The molecule has 0 bridgehead atoms. The minimum absolute atomic E-state index is 0.00407. The van der Waals surface area contributed by atoms with E-state index in [9.17, 15) is 4.79 Å². The van der Waals surface area contributed by atoms with E-state index in [1.807, 2.05) is 0 Å². The summed E-state index contributed by atoms with van der Waals surface area (Å²) < 4.78 is 0. The number of fused-ring (bicyclic) bond motifs is 1. The topological polar surface area (TPSA) is 63.3 Å². The van der Waals surface area contributed by atoms with E-state index in [0.29, 0.717) is 6.54 Å². The molecular weight excluding hydrogens is 222 g/mol. The maximum absolute atomic E-state index is 10.8. The van der Waals surface area contributed by atoms with Crippen LogP contribution in [0.3, 0.4) is 0 Å². The Morgan fingerprint density at radius 3 is 2.94 bits per heavy atom. The fourth-order valence-corrected chi connectivity index (χ4v) is 3.62. The number of thiophene rings is 1. The first-order valence-corrected chi connectivity index (χ1v) is 6.61. The first-order chi connectivity index (χ1) is 7.72. The fourth-order valence-electron chi connectivity index (χ4n) is 2.39. The summed E-state index contributed by atoms with van der Waals surface area (Å²) in [5, 5.41) is 11.0. The molecule has 2 rings (SSSR count). The number of aliphatic carboxylic acids is 1. The minimum atomic E-state index is -0.758. The first-order valence-electron chi connectivity index (χ1n) is 5.73. The van der Waals surface area contributed by atoms with Gasteiger partial charge in [-0.1, -0.05) is 0 Å². The fraction of sp³-hybridized carbons (Fsp3) is 0.583. The Hall–Kier alpha value is -0.870. The molecule has 0 fully saturated rings. The van der Waals surface area contributed by atoms with Crippen LogP contribution >= 0.6 is 11.3 Å². The molecule has 3 N–H and O–H groups in total. The number of aryl methyl sites for hydroxylation is 1. The number of carbonyl (C=O) groups is 1. The average Bonchev–Trinajstić information content (AvgIpc) is 2.69. The van der Waals surface area contributed by atoms with Crippen molar-refractivity contribution in [2.75, 3.05) is 6.54 Å². The summed E-state index contributed by atoms with van der Waals surface area (Å²) in [5.41, 5.74) is 8.28. The Balaban J connectivity index is 2.24. The van der Waals surface area contributed by atoms with Gasteiger partial charge in [0.2, 0.25) is 0 Å². The number of rotatable bonds is 4. The van der Waals surface area contributed by atoms with Crippen LogP contribution in [0.25, 0.3) is 0 Å². The Morgan fingerprint density at radius 2 is 2.25 bits per heavy atom. The highest BCUT2D eigenvalue weighted by Crippen LogP contribution is 2.35. The quantitative estimate of drug-likeness (QED) is 0.846. The van der Waals surface area contributed by atoms with E-state index in [1.54, 1.807) is 11.3 Å². The van der Waals surface area contributed by atoms with Crippen LogP contribution in [0.1, 0.15) is 41.2 Å². The maximum Gasteiger partial charge on any atom is 0.304 e. The highest BCUT2D eigenvalue weighted by atomic mass is 32.1. The van der Waals surface area contributed by atoms with Crippen LogP contribution in [-0.2, 0) is 17.6 Å². The van der Waals surface area contributed by atoms with Gasteiger partial charge < -0.3 is 10.8 Å². The molecule has 3 nitrogen and oxygen atoms in total. The molecule has 1 unspecified atom stereocenters. The van der Waals surface area contributed by atoms with Gasteiger partial charge in [-0.2, -0.15) is 0 Å². The smallest absolute Gasteiger partial charge is 0.304 e. The standard InChI is InChI=1S/C12H17NO2S/c13-6-8(5-12(14)15)10-7-16-11-4-2-1-3-9(10)11/h7-8H,1-6,13H2,(H,14,15). The van der Waals surface area contributed by atoms with Gasteiger partial charge in [0.1, 0.15) is 0 Å². The van der Waals surface area contributed by atoms with Crippen molar-refractivity contribution in [3.63, 3.8) is 0 Å². The molecule has 0 spiro atoms. The third-order valence-electron chi connectivity index (χ3n) is 3.24. The van der Waals surface area contributed by atoms with Crippen molar-refractivity contribution in [2.45, 2.75) is 38.0 Å². The Kier molecular flexibility index (Phi) is 3.61. The average molecular weight is 239 g/mol. The zero-order valence-corrected chi connectivity index (χ0v) is 10.1. The van der Waals surface area contributed by atoms with E-state index in [1.165, 1.54) is 28.8 Å². The molecule has 0 saturated heterocycles. The highest BCUT2D eigenvalue weighted by molar-refractivity contribution is 7.10. The lowest BCUT2D eigenvalue weighted by molar-refractivity contribution is -0.137. The Morgan fingerprint density at radius 1 is 1.50 bits per heavy atom. The predicted molar refractivity (Wildman–Crippen MR) is 65.0 cm³/mol. The third-order valence-corrected chi connectivity index (χ3v) is 4.35. The number of carboxylic acids is 1. The van der Waals surface area contributed by atoms with E-state index in [4.69, 9.17) is 10.8 Å². The zero-order valence-electron chi connectivity index (χ0n) is 9.24. The molecule has 1 heterocycles. The minimum Gasteiger partial charge on any atom is -0.481 e. The third kappa shape index (κ3) is 2.28. The van der Waals surface area contributed by atoms with Crippen molar-refractivity contribution < 1.29 is 9.90 Å². The van der Waals surface area contributed by atoms with Crippen LogP contribution in [0, 0.1) is 0 Å². The van der Waals surface area contributed by atoms with Crippen molar-refractivity contribution in [3.8, 4) is 0 Å². The van der Waals surface area contributed by atoms with Crippen LogP contribution < -0.4 is 5.73 Å². The Bertz CT molecular complexity index is 386. The number of carboxylic acid groups (broad SMARTS) is 1. The molecule has 0 aliphatic heterocycles. The van der Waals surface area contributed by atoms with Gasteiger partial charge in [-0.25, -0.2) is 0 Å². The second kappa shape index (κ2) is 4.97. The molecule has 1 aliphatic rings. The van der Waals surface area contributed by atoms with Crippen LogP contribution in [0.15, 0.2) is 5.38 Å². The molecule has 1 aromatic rings. The van der Waals surface area contributed by atoms with E-state index >= 15 is 0 Å². The summed E-state index contributed by atoms with van der Waals surface area (Å²) in [4.78, 5) is 12.2. The van der Waals surface area contributed by atoms with Gasteiger partial charge in [-0.15, -0.1) is 11.3 Å². The molecule has 0 radical (unpaired) electrons. The zero-order chi connectivity index (χ0) is 11.5. The van der Waals surface area contributed by atoms with Crippen molar-refractivity contribution in [1.82, 2.24) is 0 Å². The summed E-state index contributed by atoms with van der Waals surface area (Å²) in [6, 6.07) is 0. The Labute approximate surface area is 99.3 Å². The number of hydrogen-bond donors (Lipinski definition) is 2. The van der Waals surface area contributed by atoms with Gasteiger partial charge in [0.15, 0.2) is 0 Å². The summed E-state index contributed by atoms with van der Waals surface area (Å²) in [6.45, 7) is 0.426. The molecule has 1 aromatic heterocycles. The van der Waals surface area contributed by atoms with E-state index in [2.05, 4.69) is 5.38 Å². The lowest BCUT2D eigenvalue weighted by Gasteiger charge is -2.17. The molecule has 1 aliphatic carbocycles. The first kappa shape index (κ1) is 11.6. The highest BCUT2D eigenvalue weighted by Gasteiger charge is 2.22. The second-order valence-electron chi connectivity index (χ2n) is 4.33. The number of hydrogen-bond acceptors (Lipinski definition) is 3. The molecular formula is C12H17NO2S. The van der Waals surface area contributed by atoms with Crippen LogP contribution in [0.5, 0.6) is 0 Å². The van der Waals surface area contributed by atoms with Crippen LogP contribution in [0.2, 0.25) is 0 Å². The van der Waals surface area contributed by atoms with Gasteiger partial charge in [0.05, 0.1) is 6.42 Å². The van der Waals surface area contributed by atoms with Gasteiger partial charge in [0, 0.05) is 10.8 Å².